The molecular formula is C29H30F6O3. The normalized spacial score (nSPS) is 18.2. The smallest absolute Gasteiger partial charge is 0.422 e. The lowest BCUT2D eigenvalue weighted by Gasteiger charge is -2.29. The van der Waals surface area contributed by atoms with E-state index in [1.165, 1.54) is 0 Å². The Morgan fingerprint density at radius 1 is 0.842 bits per heavy atom. The summed E-state index contributed by atoms with van der Waals surface area (Å²) in [6.07, 6.45) is -1.09. The van der Waals surface area contributed by atoms with Gasteiger partial charge < -0.3 is 14.2 Å². The molecule has 1 heterocycles. The highest BCUT2D eigenvalue weighted by Crippen LogP contribution is 2.28. The molecule has 0 amide bonds. The van der Waals surface area contributed by atoms with Crippen molar-refractivity contribution < 1.29 is 40.6 Å². The highest BCUT2D eigenvalue weighted by Gasteiger charge is 2.30. The highest BCUT2D eigenvalue weighted by molar-refractivity contribution is 5.84. The molecule has 0 spiro atoms. The summed E-state index contributed by atoms with van der Waals surface area (Å²) in [7, 11) is 0. The molecule has 1 aliphatic rings. The quantitative estimate of drug-likeness (QED) is 0.247. The van der Waals surface area contributed by atoms with Crippen LogP contribution in [0.15, 0.2) is 42.5 Å². The van der Waals surface area contributed by atoms with Gasteiger partial charge in [-0.3, -0.25) is 0 Å². The van der Waals surface area contributed by atoms with E-state index in [0.29, 0.717) is 36.5 Å². The Morgan fingerprint density at radius 3 is 2.21 bits per heavy atom. The van der Waals surface area contributed by atoms with Gasteiger partial charge in [-0.1, -0.05) is 43.7 Å². The second-order valence-corrected chi connectivity index (χ2v) is 9.68. The third-order valence-electron chi connectivity index (χ3n) is 6.62. The summed E-state index contributed by atoms with van der Waals surface area (Å²) >= 11 is 0. The summed E-state index contributed by atoms with van der Waals surface area (Å²) in [5, 5.41) is 1.17. The second kappa shape index (κ2) is 12.4. The van der Waals surface area contributed by atoms with Gasteiger partial charge in [0.25, 0.3) is 0 Å². The standard InChI is InChI=1S/C29H30F6O3/c1-2-3-20-15-36-26(37-16-20)11-6-18-5-10-23-22(12-18)9-8-21(27(23)32)7-4-19-13-24(30)28(25(31)14-19)38-17-29(33,34)35/h5,8-10,12-14,20,26H,2-4,6-7,11,15-17H2,1H3. The average Bonchev–Trinajstić information content (AvgIpc) is 2.87. The van der Waals surface area contributed by atoms with Crippen LogP contribution >= 0.6 is 0 Å². The molecule has 0 bridgehead atoms. The van der Waals surface area contributed by atoms with E-state index >= 15 is 4.39 Å². The first-order valence-corrected chi connectivity index (χ1v) is 12.7. The Hall–Kier alpha value is -2.78. The molecule has 1 saturated heterocycles. The minimum absolute atomic E-state index is 0.0917. The van der Waals surface area contributed by atoms with Gasteiger partial charge in [-0.2, -0.15) is 13.2 Å². The lowest BCUT2D eigenvalue weighted by molar-refractivity contribution is -0.203. The van der Waals surface area contributed by atoms with Crippen molar-refractivity contribution in [2.75, 3.05) is 19.8 Å². The Kier molecular flexibility index (Phi) is 9.20. The Bertz CT molecular complexity index is 1210. The minimum atomic E-state index is -4.72. The number of ether oxygens (including phenoxy) is 3. The first-order valence-electron chi connectivity index (χ1n) is 12.7. The molecule has 0 aliphatic carbocycles. The van der Waals surface area contributed by atoms with Gasteiger partial charge in [0.2, 0.25) is 0 Å². The summed E-state index contributed by atoms with van der Waals surface area (Å²) in [6.45, 7) is 1.76. The van der Waals surface area contributed by atoms with Crippen LogP contribution < -0.4 is 4.74 Å². The fraction of sp³-hybridized carbons (Fsp3) is 0.448. The summed E-state index contributed by atoms with van der Waals surface area (Å²) in [5.74, 6) is -3.52. The zero-order valence-electron chi connectivity index (χ0n) is 21.1. The van der Waals surface area contributed by atoms with Crippen LogP contribution in [0.3, 0.4) is 0 Å². The number of hydrogen-bond donors (Lipinski definition) is 0. The third kappa shape index (κ3) is 7.41. The summed E-state index contributed by atoms with van der Waals surface area (Å²) in [6, 6.07) is 10.8. The maximum atomic E-state index is 15.2. The number of halogens is 6. The maximum absolute atomic E-state index is 15.2. The van der Waals surface area contributed by atoms with E-state index < -0.39 is 36.0 Å². The lowest BCUT2D eigenvalue weighted by atomic mass is 9.98. The highest BCUT2D eigenvalue weighted by atomic mass is 19.4. The molecule has 3 aromatic carbocycles. The van der Waals surface area contributed by atoms with Gasteiger partial charge in [-0.25, -0.2) is 13.2 Å². The predicted molar refractivity (Wildman–Crippen MR) is 132 cm³/mol. The molecule has 0 N–H and O–H groups in total. The Morgan fingerprint density at radius 2 is 1.55 bits per heavy atom. The van der Waals surface area contributed by atoms with Crippen LogP contribution in [0.4, 0.5) is 26.3 Å². The molecule has 1 fully saturated rings. The summed E-state index contributed by atoms with van der Waals surface area (Å²) in [5.41, 5.74) is 1.59. The maximum Gasteiger partial charge on any atom is 0.422 e. The Balaban J connectivity index is 1.36. The van der Waals surface area contributed by atoms with Crippen molar-refractivity contribution in [1.82, 2.24) is 0 Å². The lowest BCUT2D eigenvalue weighted by Crippen LogP contribution is -2.32. The zero-order valence-corrected chi connectivity index (χ0v) is 21.1. The molecule has 1 aliphatic heterocycles. The van der Waals surface area contributed by atoms with Crippen molar-refractivity contribution in [1.29, 1.82) is 0 Å². The molecule has 9 heteroatoms. The van der Waals surface area contributed by atoms with Gasteiger partial charge in [0.1, 0.15) is 5.82 Å². The minimum Gasteiger partial charge on any atom is -0.478 e. The van der Waals surface area contributed by atoms with Crippen LogP contribution in [-0.2, 0) is 28.7 Å². The number of aryl methyl sites for hydroxylation is 3. The van der Waals surface area contributed by atoms with Crippen LogP contribution in [0.1, 0.15) is 42.9 Å². The molecule has 0 radical (unpaired) electrons. The SMILES string of the molecule is CCCC1COC(CCc2ccc3c(F)c(CCc4cc(F)c(OCC(F)(F)F)c(F)c4)ccc3c2)OC1. The van der Waals surface area contributed by atoms with E-state index in [1.807, 2.05) is 12.1 Å². The molecule has 0 aromatic heterocycles. The van der Waals surface area contributed by atoms with Crippen molar-refractivity contribution in [3.05, 3.63) is 76.6 Å². The molecule has 3 aromatic rings. The first-order chi connectivity index (χ1) is 18.1. The Labute approximate surface area is 217 Å². The van der Waals surface area contributed by atoms with E-state index in [-0.39, 0.29) is 24.7 Å². The zero-order chi connectivity index (χ0) is 27.3. The van der Waals surface area contributed by atoms with Gasteiger partial charge in [-0.15, -0.1) is 0 Å². The van der Waals surface area contributed by atoms with Gasteiger partial charge in [0.15, 0.2) is 30.3 Å². The van der Waals surface area contributed by atoms with Crippen LogP contribution in [-0.4, -0.2) is 32.3 Å². The van der Waals surface area contributed by atoms with E-state index in [4.69, 9.17) is 9.47 Å². The predicted octanol–water partition coefficient (Wildman–Crippen LogP) is 7.71. The van der Waals surface area contributed by atoms with Crippen molar-refractivity contribution in [2.45, 2.75) is 57.9 Å². The molecule has 38 heavy (non-hydrogen) atoms. The van der Waals surface area contributed by atoms with Crippen LogP contribution in [0.2, 0.25) is 0 Å². The number of alkyl halides is 3. The molecule has 0 unspecified atom stereocenters. The number of fused-ring (bicyclic) bond motifs is 1. The largest absolute Gasteiger partial charge is 0.478 e. The monoisotopic (exact) mass is 540 g/mol. The first kappa shape index (κ1) is 28.2. The van der Waals surface area contributed by atoms with Crippen molar-refractivity contribution >= 4 is 10.8 Å². The number of rotatable bonds is 10. The topological polar surface area (TPSA) is 27.7 Å². The molecule has 0 saturated carbocycles. The van der Waals surface area contributed by atoms with Crippen LogP contribution in [0.5, 0.6) is 5.75 Å². The van der Waals surface area contributed by atoms with E-state index in [2.05, 4.69) is 11.7 Å². The summed E-state index contributed by atoms with van der Waals surface area (Å²) < 4.78 is 96.3. The number of hydrogen-bond acceptors (Lipinski definition) is 3. The van der Waals surface area contributed by atoms with Gasteiger partial charge >= 0.3 is 6.18 Å². The van der Waals surface area contributed by atoms with Gasteiger partial charge in [0.05, 0.1) is 13.2 Å². The fourth-order valence-corrected chi connectivity index (χ4v) is 4.67. The van der Waals surface area contributed by atoms with Crippen molar-refractivity contribution in [2.24, 2.45) is 5.92 Å². The molecule has 3 nitrogen and oxygen atoms in total. The van der Waals surface area contributed by atoms with Gasteiger partial charge in [-0.05, 0) is 59.9 Å². The van der Waals surface area contributed by atoms with Crippen molar-refractivity contribution in [3.8, 4) is 5.75 Å². The molecule has 4 rings (SSSR count). The van der Waals surface area contributed by atoms with E-state index in [9.17, 15) is 22.0 Å². The van der Waals surface area contributed by atoms with E-state index in [0.717, 1.165) is 42.3 Å². The molecule has 206 valence electrons. The van der Waals surface area contributed by atoms with Gasteiger partial charge in [0, 0.05) is 17.7 Å². The van der Waals surface area contributed by atoms with Crippen LogP contribution in [0, 0.1) is 23.4 Å². The van der Waals surface area contributed by atoms with Crippen molar-refractivity contribution in [3.63, 3.8) is 0 Å². The van der Waals surface area contributed by atoms with Crippen LogP contribution in [0.25, 0.3) is 10.8 Å². The molecule has 0 atom stereocenters. The average molecular weight is 541 g/mol. The fourth-order valence-electron chi connectivity index (χ4n) is 4.67. The summed E-state index contributed by atoms with van der Waals surface area (Å²) in [4.78, 5) is 0. The number of benzene rings is 3. The molecular weight excluding hydrogens is 510 g/mol. The third-order valence-corrected chi connectivity index (χ3v) is 6.62. The second-order valence-electron chi connectivity index (χ2n) is 9.68. The van der Waals surface area contributed by atoms with E-state index in [1.54, 1.807) is 18.2 Å².